The number of sulfonamides is 1. The number of carbonyl (C=O) groups is 2. The van der Waals surface area contributed by atoms with E-state index in [9.17, 15) is 18.0 Å². The molecule has 1 saturated heterocycles. The highest BCUT2D eigenvalue weighted by Crippen LogP contribution is 2.29. The number of Topliss-reactive ketones (excluding diaryl/α,β-unsaturated/α-hetero) is 1. The molecule has 2 aromatic rings. The van der Waals surface area contributed by atoms with Crippen LogP contribution in [0.3, 0.4) is 0 Å². The first-order chi connectivity index (χ1) is 15.9. The first-order valence-electron chi connectivity index (χ1n) is 11.9. The van der Waals surface area contributed by atoms with Crippen molar-refractivity contribution < 1.29 is 22.7 Å². The summed E-state index contributed by atoms with van der Waals surface area (Å²) in [5, 5.41) is 0. The first-order valence-corrected chi connectivity index (χ1v) is 13.3. The van der Waals surface area contributed by atoms with E-state index in [1.54, 1.807) is 6.07 Å². The van der Waals surface area contributed by atoms with Crippen LogP contribution < -0.4 is 0 Å². The van der Waals surface area contributed by atoms with Crippen molar-refractivity contribution >= 4 is 21.8 Å². The molecule has 0 spiro atoms. The van der Waals surface area contributed by atoms with Crippen molar-refractivity contribution in [1.82, 2.24) is 4.31 Å². The molecule has 0 radical (unpaired) electrons. The molecule has 0 amide bonds. The summed E-state index contributed by atoms with van der Waals surface area (Å²) in [5.41, 5.74) is 5.46. The molecule has 0 bridgehead atoms. The van der Waals surface area contributed by atoms with Gasteiger partial charge in [0.05, 0.1) is 10.8 Å². The smallest absolute Gasteiger partial charge is 0.309 e. The fraction of sp³-hybridized carbons (Fsp3) is 0.462. The molecule has 7 heteroatoms. The van der Waals surface area contributed by atoms with E-state index < -0.39 is 16.0 Å². The number of rotatable bonds is 6. The highest BCUT2D eigenvalue weighted by molar-refractivity contribution is 7.89. The van der Waals surface area contributed by atoms with Gasteiger partial charge in [-0.05, 0) is 91.8 Å². The van der Waals surface area contributed by atoms with E-state index in [0.29, 0.717) is 23.3 Å². The SMILES string of the molecule is O=C(COC(=O)C1CCN(S(=O)(=O)c2ccc3c(c2)CCC3)CC1)c1ccc2c(c1)CCC2. The van der Waals surface area contributed by atoms with Gasteiger partial charge >= 0.3 is 5.97 Å². The quantitative estimate of drug-likeness (QED) is 0.480. The van der Waals surface area contributed by atoms with Gasteiger partial charge in [0.25, 0.3) is 0 Å². The number of hydrogen-bond donors (Lipinski definition) is 0. The van der Waals surface area contributed by atoms with Gasteiger partial charge < -0.3 is 4.74 Å². The molecule has 33 heavy (non-hydrogen) atoms. The third kappa shape index (κ3) is 4.49. The number of hydrogen-bond acceptors (Lipinski definition) is 5. The summed E-state index contributed by atoms with van der Waals surface area (Å²) >= 11 is 0. The van der Waals surface area contributed by atoms with Gasteiger partial charge in [-0.3, -0.25) is 9.59 Å². The van der Waals surface area contributed by atoms with E-state index in [-0.39, 0.29) is 31.4 Å². The van der Waals surface area contributed by atoms with Crippen molar-refractivity contribution in [3.63, 3.8) is 0 Å². The summed E-state index contributed by atoms with van der Waals surface area (Å²) in [6, 6.07) is 11.2. The van der Waals surface area contributed by atoms with E-state index in [4.69, 9.17) is 4.74 Å². The van der Waals surface area contributed by atoms with Crippen LogP contribution in [0, 0.1) is 5.92 Å². The van der Waals surface area contributed by atoms with E-state index in [1.165, 1.54) is 21.0 Å². The van der Waals surface area contributed by atoms with Crippen molar-refractivity contribution in [3.05, 3.63) is 64.2 Å². The minimum absolute atomic E-state index is 0.199. The lowest BCUT2D eigenvalue weighted by atomic mass is 9.98. The number of piperidine rings is 1. The second-order valence-electron chi connectivity index (χ2n) is 9.33. The zero-order chi connectivity index (χ0) is 23.0. The minimum Gasteiger partial charge on any atom is -0.457 e. The molecule has 1 fully saturated rings. The molecule has 3 aliphatic rings. The molecule has 0 N–H and O–H groups in total. The summed E-state index contributed by atoms with van der Waals surface area (Å²) in [4.78, 5) is 25.4. The number of aryl methyl sites for hydroxylation is 4. The summed E-state index contributed by atoms with van der Waals surface area (Å²) < 4.78 is 32.9. The molecule has 2 aliphatic carbocycles. The predicted molar refractivity (Wildman–Crippen MR) is 124 cm³/mol. The van der Waals surface area contributed by atoms with Crippen LogP contribution in [0.1, 0.15) is 58.3 Å². The molecular formula is C26H29NO5S. The summed E-state index contributed by atoms with van der Waals surface area (Å²) in [7, 11) is -3.57. The fourth-order valence-electron chi connectivity index (χ4n) is 5.27. The Kier molecular flexibility index (Phi) is 6.10. The lowest BCUT2D eigenvalue weighted by molar-refractivity contribution is -0.148. The van der Waals surface area contributed by atoms with Crippen LogP contribution in [0.5, 0.6) is 0 Å². The van der Waals surface area contributed by atoms with Crippen LogP contribution >= 0.6 is 0 Å². The van der Waals surface area contributed by atoms with Crippen LogP contribution in [-0.4, -0.2) is 44.2 Å². The number of benzene rings is 2. The van der Waals surface area contributed by atoms with Crippen LogP contribution in [0.15, 0.2) is 41.3 Å². The molecular weight excluding hydrogens is 438 g/mol. The zero-order valence-corrected chi connectivity index (χ0v) is 19.5. The van der Waals surface area contributed by atoms with E-state index in [1.807, 2.05) is 30.3 Å². The average molecular weight is 468 g/mol. The Balaban J connectivity index is 1.14. The molecule has 5 rings (SSSR count). The highest BCUT2D eigenvalue weighted by Gasteiger charge is 2.33. The number of carbonyl (C=O) groups excluding carboxylic acids is 2. The normalized spacial score (nSPS) is 18.7. The van der Waals surface area contributed by atoms with Gasteiger partial charge in [0, 0.05) is 18.7 Å². The fourth-order valence-corrected chi connectivity index (χ4v) is 6.79. The molecule has 0 unspecified atom stereocenters. The van der Waals surface area contributed by atoms with E-state index in [2.05, 4.69) is 0 Å². The van der Waals surface area contributed by atoms with Crippen LogP contribution in [-0.2, 0) is 45.2 Å². The molecule has 1 heterocycles. The molecule has 6 nitrogen and oxygen atoms in total. The number of nitrogens with zero attached hydrogens (tertiary/aromatic N) is 1. The van der Waals surface area contributed by atoms with Crippen molar-refractivity contribution in [2.24, 2.45) is 5.92 Å². The zero-order valence-electron chi connectivity index (χ0n) is 18.7. The first kappa shape index (κ1) is 22.3. The third-order valence-electron chi connectivity index (χ3n) is 7.26. The molecule has 0 atom stereocenters. The Hall–Kier alpha value is -2.51. The van der Waals surface area contributed by atoms with Gasteiger partial charge in [-0.15, -0.1) is 0 Å². The second-order valence-corrected chi connectivity index (χ2v) is 11.3. The second kappa shape index (κ2) is 9.03. The molecule has 1 aliphatic heterocycles. The topological polar surface area (TPSA) is 80.8 Å². The number of fused-ring (bicyclic) bond motifs is 2. The maximum Gasteiger partial charge on any atom is 0.309 e. The molecule has 0 aromatic heterocycles. The van der Waals surface area contributed by atoms with Gasteiger partial charge in [-0.2, -0.15) is 4.31 Å². The molecule has 2 aromatic carbocycles. The van der Waals surface area contributed by atoms with Gasteiger partial charge in [0.1, 0.15) is 0 Å². The maximum absolute atomic E-state index is 13.1. The summed E-state index contributed by atoms with van der Waals surface area (Å²) in [6.07, 6.45) is 6.97. The Labute approximate surface area is 195 Å². The lowest BCUT2D eigenvalue weighted by Gasteiger charge is -2.30. The third-order valence-corrected chi connectivity index (χ3v) is 9.16. The van der Waals surface area contributed by atoms with Crippen molar-refractivity contribution in [2.75, 3.05) is 19.7 Å². The van der Waals surface area contributed by atoms with Crippen molar-refractivity contribution in [2.45, 2.75) is 56.3 Å². The Morgan fingerprint density at radius 1 is 0.848 bits per heavy atom. The number of ketones is 1. The van der Waals surface area contributed by atoms with Crippen molar-refractivity contribution in [3.8, 4) is 0 Å². The Morgan fingerprint density at radius 3 is 2.15 bits per heavy atom. The van der Waals surface area contributed by atoms with Gasteiger partial charge in [-0.1, -0.05) is 18.2 Å². The lowest BCUT2D eigenvalue weighted by Crippen LogP contribution is -2.40. The standard InChI is InChI=1S/C26H29NO5S/c28-25(23-8-7-18-3-1-5-21(18)15-23)17-32-26(29)20-11-13-27(14-12-20)33(30,31)24-10-9-19-4-2-6-22(19)16-24/h7-10,15-16,20H,1-6,11-14,17H2. The summed E-state index contributed by atoms with van der Waals surface area (Å²) in [5.74, 6) is -1.00. The maximum atomic E-state index is 13.1. The molecule has 174 valence electrons. The summed E-state index contributed by atoms with van der Waals surface area (Å²) in [6.45, 7) is 0.279. The van der Waals surface area contributed by atoms with Gasteiger partial charge in [0.15, 0.2) is 12.4 Å². The van der Waals surface area contributed by atoms with E-state index in [0.717, 1.165) is 44.1 Å². The van der Waals surface area contributed by atoms with E-state index >= 15 is 0 Å². The number of ether oxygens (including phenoxy) is 1. The minimum atomic E-state index is -3.57. The highest BCUT2D eigenvalue weighted by atomic mass is 32.2. The number of esters is 1. The van der Waals surface area contributed by atoms with Crippen LogP contribution in [0.2, 0.25) is 0 Å². The average Bonchev–Trinajstić information content (AvgIpc) is 3.50. The monoisotopic (exact) mass is 467 g/mol. The Morgan fingerprint density at radius 2 is 1.45 bits per heavy atom. The Bertz CT molecular complexity index is 1200. The van der Waals surface area contributed by atoms with Crippen LogP contribution in [0.25, 0.3) is 0 Å². The molecule has 0 saturated carbocycles. The van der Waals surface area contributed by atoms with Crippen molar-refractivity contribution in [1.29, 1.82) is 0 Å². The van der Waals surface area contributed by atoms with Gasteiger partial charge in [0.2, 0.25) is 10.0 Å². The largest absolute Gasteiger partial charge is 0.457 e. The van der Waals surface area contributed by atoms with Crippen LogP contribution in [0.4, 0.5) is 0 Å². The van der Waals surface area contributed by atoms with Gasteiger partial charge in [-0.25, -0.2) is 8.42 Å². The predicted octanol–water partition coefficient (Wildman–Crippen LogP) is 3.49.